The SMILES string of the molecule is CCCCC/C=C\C/C=C\CCCCCCCC(=O)OCCN(CCC)C(=O)C[N+](C)(C)CCO. The Balaban J connectivity index is 3.81. The van der Waals surface area contributed by atoms with Crippen LogP contribution in [0.25, 0.3) is 0 Å². The molecule has 0 rings (SSSR count). The summed E-state index contributed by atoms with van der Waals surface area (Å²) in [5.74, 6) is -0.133. The van der Waals surface area contributed by atoms with Crippen molar-refractivity contribution in [2.45, 2.75) is 97.3 Å². The quantitative estimate of drug-likeness (QED) is 0.0861. The summed E-state index contributed by atoms with van der Waals surface area (Å²) in [4.78, 5) is 26.4. The van der Waals surface area contributed by atoms with Crippen LogP contribution >= 0.6 is 0 Å². The van der Waals surface area contributed by atoms with Crippen molar-refractivity contribution in [1.82, 2.24) is 4.90 Å². The number of nitrogens with zero attached hydrogens (tertiary/aromatic N) is 2. The van der Waals surface area contributed by atoms with Gasteiger partial charge in [0.1, 0.15) is 13.2 Å². The Labute approximate surface area is 216 Å². The fourth-order valence-corrected chi connectivity index (χ4v) is 3.87. The van der Waals surface area contributed by atoms with Crippen LogP contribution in [0, 0.1) is 0 Å². The Hall–Kier alpha value is -1.66. The zero-order valence-corrected chi connectivity index (χ0v) is 23.3. The molecule has 0 aromatic carbocycles. The molecule has 1 N–H and O–H groups in total. The zero-order valence-electron chi connectivity index (χ0n) is 23.3. The fourth-order valence-electron chi connectivity index (χ4n) is 3.87. The molecule has 6 nitrogen and oxygen atoms in total. The van der Waals surface area contributed by atoms with Gasteiger partial charge in [-0.15, -0.1) is 0 Å². The molecule has 35 heavy (non-hydrogen) atoms. The van der Waals surface area contributed by atoms with Crippen LogP contribution < -0.4 is 0 Å². The number of esters is 1. The molecule has 0 aliphatic heterocycles. The fraction of sp³-hybridized carbons (Fsp3) is 0.793. The van der Waals surface area contributed by atoms with E-state index in [9.17, 15) is 9.59 Å². The smallest absolute Gasteiger partial charge is 0.305 e. The van der Waals surface area contributed by atoms with Gasteiger partial charge >= 0.3 is 5.97 Å². The van der Waals surface area contributed by atoms with Crippen molar-refractivity contribution in [2.24, 2.45) is 0 Å². The third-order valence-electron chi connectivity index (χ3n) is 6.07. The number of aliphatic hydroxyl groups excluding tert-OH is 1. The molecule has 0 bridgehead atoms. The molecule has 0 unspecified atom stereocenters. The first-order valence-corrected chi connectivity index (χ1v) is 14.0. The molecule has 0 saturated heterocycles. The summed E-state index contributed by atoms with van der Waals surface area (Å²) < 4.78 is 5.82. The summed E-state index contributed by atoms with van der Waals surface area (Å²) >= 11 is 0. The predicted molar refractivity (Wildman–Crippen MR) is 146 cm³/mol. The Morgan fingerprint density at radius 1 is 0.829 bits per heavy atom. The van der Waals surface area contributed by atoms with Crippen molar-refractivity contribution in [2.75, 3.05) is 53.5 Å². The highest BCUT2D eigenvalue weighted by atomic mass is 16.5. The van der Waals surface area contributed by atoms with Gasteiger partial charge < -0.3 is 19.2 Å². The highest BCUT2D eigenvalue weighted by Gasteiger charge is 2.23. The summed E-state index contributed by atoms with van der Waals surface area (Å²) in [5, 5.41) is 9.16. The Bertz CT molecular complexity index is 587. The van der Waals surface area contributed by atoms with Gasteiger partial charge in [-0.3, -0.25) is 9.59 Å². The van der Waals surface area contributed by atoms with Gasteiger partial charge in [-0.1, -0.05) is 70.3 Å². The molecule has 6 heteroatoms. The number of quaternary nitrogens is 1. The van der Waals surface area contributed by atoms with E-state index in [1.165, 1.54) is 38.5 Å². The van der Waals surface area contributed by atoms with Crippen molar-refractivity contribution < 1.29 is 23.9 Å². The van der Waals surface area contributed by atoms with Crippen LogP contribution in [0.5, 0.6) is 0 Å². The van der Waals surface area contributed by atoms with E-state index in [4.69, 9.17) is 9.84 Å². The molecule has 0 radical (unpaired) electrons. The van der Waals surface area contributed by atoms with Crippen LogP contribution in [0.4, 0.5) is 0 Å². The van der Waals surface area contributed by atoms with Crippen LogP contribution in [-0.2, 0) is 14.3 Å². The molecule has 0 atom stereocenters. The first kappa shape index (κ1) is 33.3. The highest BCUT2D eigenvalue weighted by molar-refractivity contribution is 5.77. The molecule has 0 aromatic heterocycles. The third kappa shape index (κ3) is 21.4. The number of hydrogen-bond donors (Lipinski definition) is 1. The lowest BCUT2D eigenvalue weighted by Crippen LogP contribution is -2.50. The number of carbonyl (C=O) groups is 2. The molecule has 204 valence electrons. The number of unbranched alkanes of at least 4 members (excludes halogenated alkanes) is 8. The van der Waals surface area contributed by atoms with E-state index in [-0.39, 0.29) is 25.1 Å². The molecule has 0 saturated carbocycles. The standard InChI is InChI=1S/C29H55N2O4/c1-5-7-8-9-10-11-12-13-14-15-16-17-18-19-20-21-29(34)35-26-23-30(22-6-2)28(33)27-31(3,4)24-25-32/h10-11,13-14,32H,5-9,12,15-27H2,1-4H3/q+1/b11-10-,14-13-. The number of hydrogen-bond acceptors (Lipinski definition) is 4. The number of allylic oxidation sites excluding steroid dienone is 4. The Morgan fingerprint density at radius 3 is 2.09 bits per heavy atom. The van der Waals surface area contributed by atoms with E-state index >= 15 is 0 Å². The number of amides is 1. The maximum Gasteiger partial charge on any atom is 0.305 e. The van der Waals surface area contributed by atoms with Crippen LogP contribution in [-0.4, -0.2) is 79.9 Å². The van der Waals surface area contributed by atoms with E-state index in [2.05, 4.69) is 31.2 Å². The normalized spacial score (nSPS) is 12.0. The van der Waals surface area contributed by atoms with Crippen molar-refractivity contribution >= 4 is 11.9 Å². The maximum atomic E-state index is 12.6. The highest BCUT2D eigenvalue weighted by Crippen LogP contribution is 2.09. The minimum atomic E-state index is -0.170. The summed E-state index contributed by atoms with van der Waals surface area (Å²) in [6.45, 7) is 6.52. The molecule has 0 spiro atoms. The molecule has 0 aromatic rings. The maximum absolute atomic E-state index is 12.6. The lowest BCUT2D eigenvalue weighted by molar-refractivity contribution is -0.883. The summed E-state index contributed by atoms with van der Waals surface area (Å²) in [6.07, 6.45) is 23.2. The second kappa shape index (κ2) is 22.8. The van der Waals surface area contributed by atoms with E-state index < -0.39 is 0 Å². The van der Waals surface area contributed by atoms with Gasteiger partial charge in [-0.25, -0.2) is 0 Å². The predicted octanol–water partition coefficient (Wildman–Crippen LogP) is 5.65. The third-order valence-corrected chi connectivity index (χ3v) is 6.07. The van der Waals surface area contributed by atoms with Crippen molar-refractivity contribution in [1.29, 1.82) is 0 Å². The molecule has 0 heterocycles. The largest absolute Gasteiger partial charge is 0.464 e. The van der Waals surface area contributed by atoms with Crippen molar-refractivity contribution in [3.63, 3.8) is 0 Å². The number of likely N-dealkylation sites (N-methyl/N-ethyl adjacent to an activating group) is 1. The minimum Gasteiger partial charge on any atom is -0.464 e. The van der Waals surface area contributed by atoms with Gasteiger partial charge in [-0.2, -0.15) is 0 Å². The van der Waals surface area contributed by atoms with Crippen LogP contribution in [0.3, 0.4) is 0 Å². The van der Waals surface area contributed by atoms with Gasteiger partial charge in [0.25, 0.3) is 5.91 Å². The molecule has 0 fully saturated rings. The lowest BCUT2D eigenvalue weighted by atomic mass is 10.1. The van der Waals surface area contributed by atoms with Crippen molar-refractivity contribution in [3.05, 3.63) is 24.3 Å². The van der Waals surface area contributed by atoms with E-state index in [0.717, 1.165) is 38.5 Å². The number of rotatable bonds is 23. The average molecular weight is 496 g/mol. The number of ether oxygens (including phenoxy) is 1. The Morgan fingerprint density at radius 2 is 1.46 bits per heavy atom. The average Bonchev–Trinajstić information content (AvgIpc) is 2.80. The topological polar surface area (TPSA) is 66.8 Å². The Kier molecular flexibility index (Phi) is 21.7. The first-order valence-electron chi connectivity index (χ1n) is 14.0. The van der Waals surface area contributed by atoms with E-state index in [1.807, 2.05) is 21.0 Å². The number of aliphatic hydroxyl groups is 1. The zero-order chi connectivity index (χ0) is 26.2. The summed E-state index contributed by atoms with van der Waals surface area (Å²) in [5.41, 5.74) is 0. The van der Waals surface area contributed by atoms with E-state index in [1.54, 1.807) is 4.90 Å². The summed E-state index contributed by atoms with van der Waals surface area (Å²) in [7, 11) is 3.87. The van der Waals surface area contributed by atoms with Crippen molar-refractivity contribution in [3.8, 4) is 0 Å². The molecular weight excluding hydrogens is 440 g/mol. The van der Waals surface area contributed by atoms with Gasteiger partial charge in [0.2, 0.25) is 0 Å². The molecule has 0 aliphatic carbocycles. The van der Waals surface area contributed by atoms with Gasteiger partial charge in [0, 0.05) is 13.0 Å². The molecule has 1 amide bonds. The first-order chi connectivity index (χ1) is 16.9. The van der Waals surface area contributed by atoms with E-state index in [0.29, 0.717) is 37.1 Å². The second-order valence-electron chi connectivity index (χ2n) is 10.1. The van der Waals surface area contributed by atoms with Gasteiger partial charge in [0.05, 0.1) is 27.2 Å². The monoisotopic (exact) mass is 495 g/mol. The summed E-state index contributed by atoms with van der Waals surface area (Å²) in [6, 6.07) is 0. The molecular formula is C29H55N2O4+. The second-order valence-corrected chi connectivity index (χ2v) is 10.1. The van der Waals surface area contributed by atoms with Crippen LogP contribution in [0.1, 0.15) is 97.3 Å². The lowest BCUT2D eigenvalue weighted by Gasteiger charge is -2.31. The van der Waals surface area contributed by atoms with Crippen LogP contribution in [0.2, 0.25) is 0 Å². The van der Waals surface area contributed by atoms with Crippen LogP contribution in [0.15, 0.2) is 24.3 Å². The van der Waals surface area contributed by atoms with Gasteiger partial charge in [-0.05, 0) is 44.9 Å². The minimum absolute atomic E-state index is 0.0371. The molecule has 0 aliphatic rings. The number of carbonyl (C=O) groups excluding carboxylic acids is 2. The van der Waals surface area contributed by atoms with Gasteiger partial charge in [0.15, 0.2) is 6.54 Å².